The van der Waals surface area contributed by atoms with Crippen molar-refractivity contribution in [3.63, 3.8) is 0 Å². The summed E-state index contributed by atoms with van der Waals surface area (Å²) in [6, 6.07) is 0.857. The molecular weight excluding hydrogens is 218 g/mol. The molecule has 1 aliphatic rings. The number of rotatable bonds is 6. The number of ether oxygens (including phenoxy) is 1. The molecule has 2 atom stereocenters. The second-order valence-corrected chi connectivity index (χ2v) is 4.19. The van der Waals surface area contributed by atoms with Gasteiger partial charge < -0.3 is 15.4 Å². The van der Waals surface area contributed by atoms with Crippen LogP contribution in [0.2, 0.25) is 0 Å². The molecule has 0 radical (unpaired) electrons. The van der Waals surface area contributed by atoms with Crippen LogP contribution in [0.1, 0.15) is 27.2 Å². The van der Waals surface area contributed by atoms with Gasteiger partial charge in [-0.25, -0.2) is 0 Å². The molecule has 0 aliphatic heterocycles. The summed E-state index contributed by atoms with van der Waals surface area (Å²) >= 11 is 0. The highest BCUT2D eigenvalue weighted by Crippen LogP contribution is 2.32. The van der Waals surface area contributed by atoms with E-state index < -0.39 is 0 Å². The minimum absolute atomic E-state index is 0.370. The number of hydrogen-bond donors (Lipinski definition) is 2. The number of nitrogens with one attached hydrogen (secondary N) is 2. The molecule has 2 rings (SSSR count). The zero-order chi connectivity index (χ0) is 12.3. The van der Waals surface area contributed by atoms with E-state index in [1.54, 1.807) is 0 Å². The van der Waals surface area contributed by atoms with E-state index in [1.807, 2.05) is 13.8 Å². The SMILES string of the molecule is CCNc1nc(NC2CC2C)nc(OCC)n1. The van der Waals surface area contributed by atoms with Crippen molar-refractivity contribution in [3.05, 3.63) is 0 Å². The molecule has 0 bridgehead atoms. The topological polar surface area (TPSA) is 72.0 Å². The number of nitrogens with zero attached hydrogens (tertiary/aromatic N) is 3. The highest BCUT2D eigenvalue weighted by molar-refractivity contribution is 5.37. The highest BCUT2D eigenvalue weighted by atomic mass is 16.5. The van der Waals surface area contributed by atoms with Crippen molar-refractivity contribution >= 4 is 11.9 Å². The predicted octanol–water partition coefficient (Wildman–Crippen LogP) is 1.52. The van der Waals surface area contributed by atoms with Gasteiger partial charge in [0, 0.05) is 12.6 Å². The normalized spacial score (nSPS) is 22.1. The van der Waals surface area contributed by atoms with Gasteiger partial charge in [-0.2, -0.15) is 15.0 Å². The second-order valence-electron chi connectivity index (χ2n) is 4.19. The van der Waals surface area contributed by atoms with Gasteiger partial charge in [0.2, 0.25) is 11.9 Å². The maximum Gasteiger partial charge on any atom is 0.323 e. The van der Waals surface area contributed by atoms with Gasteiger partial charge in [0.25, 0.3) is 0 Å². The molecule has 6 heteroatoms. The number of aromatic nitrogens is 3. The van der Waals surface area contributed by atoms with Crippen molar-refractivity contribution in [1.82, 2.24) is 15.0 Å². The first kappa shape index (κ1) is 11.9. The van der Waals surface area contributed by atoms with Crippen molar-refractivity contribution < 1.29 is 4.74 Å². The van der Waals surface area contributed by atoms with Crippen molar-refractivity contribution in [2.75, 3.05) is 23.8 Å². The Morgan fingerprint density at radius 3 is 2.53 bits per heavy atom. The largest absolute Gasteiger partial charge is 0.464 e. The first-order valence-electron chi connectivity index (χ1n) is 6.12. The maximum absolute atomic E-state index is 5.32. The summed E-state index contributed by atoms with van der Waals surface area (Å²) in [4.78, 5) is 12.7. The molecule has 0 saturated heterocycles. The van der Waals surface area contributed by atoms with Gasteiger partial charge in [-0.05, 0) is 26.2 Å². The molecule has 1 aromatic rings. The molecule has 17 heavy (non-hydrogen) atoms. The molecule has 0 spiro atoms. The van der Waals surface area contributed by atoms with Crippen LogP contribution in [0.3, 0.4) is 0 Å². The highest BCUT2D eigenvalue weighted by Gasteiger charge is 2.33. The Hall–Kier alpha value is -1.59. The number of hydrogen-bond acceptors (Lipinski definition) is 6. The molecule has 6 nitrogen and oxygen atoms in total. The molecule has 2 N–H and O–H groups in total. The third-order valence-electron chi connectivity index (χ3n) is 2.65. The van der Waals surface area contributed by atoms with E-state index in [4.69, 9.17) is 4.74 Å². The van der Waals surface area contributed by atoms with E-state index in [1.165, 1.54) is 6.42 Å². The minimum atomic E-state index is 0.370. The minimum Gasteiger partial charge on any atom is -0.464 e. The average molecular weight is 237 g/mol. The molecule has 2 unspecified atom stereocenters. The summed E-state index contributed by atoms with van der Waals surface area (Å²) in [5.41, 5.74) is 0. The van der Waals surface area contributed by atoms with E-state index in [-0.39, 0.29) is 0 Å². The lowest BCUT2D eigenvalue weighted by Gasteiger charge is -2.08. The van der Waals surface area contributed by atoms with E-state index >= 15 is 0 Å². The standard InChI is InChI=1S/C11H19N5O/c1-4-12-9-14-10(13-8-6-7(8)3)16-11(15-9)17-5-2/h7-8H,4-6H2,1-3H3,(H2,12,13,14,15,16). The van der Waals surface area contributed by atoms with Crippen molar-refractivity contribution in [1.29, 1.82) is 0 Å². The Bertz CT molecular complexity index is 360. The third kappa shape index (κ3) is 3.18. The molecule has 94 valence electrons. The lowest BCUT2D eigenvalue weighted by molar-refractivity contribution is 0.312. The molecule has 1 aromatic heterocycles. The molecule has 1 heterocycles. The molecule has 1 fully saturated rings. The summed E-state index contributed by atoms with van der Waals surface area (Å²) in [7, 11) is 0. The van der Waals surface area contributed by atoms with E-state index in [2.05, 4.69) is 32.5 Å². The summed E-state index contributed by atoms with van der Waals surface area (Å²) in [6.07, 6.45) is 1.17. The van der Waals surface area contributed by atoms with Crippen LogP contribution in [0.4, 0.5) is 11.9 Å². The van der Waals surface area contributed by atoms with Gasteiger partial charge in [0.05, 0.1) is 6.61 Å². The van der Waals surface area contributed by atoms with Crippen LogP contribution in [-0.2, 0) is 0 Å². The molecule has 0 amide bonds. The van der Waals surface area contributed by atoms with Gasteiger partial charge in [0.1, 0.15) is 0 Å². The van der Waals surface area contributed by atoms with Crippen molar-refractivity contribution in [2.45, 2.75) is 33.2 Å². The molecule has 1 saturated carbocycles. The van der Waals surface area contributed by atoms with Crippen LogP contribution in [0.25, 0.3) is 0 Å². The Morgan fingerprint density at radius 2 is 1.94 bits per heavy atom. The van der Waals surface area contributed by atoms with E-state index in [9.17, 15) is 0 Å². The summed E-state index contributed by atoms with van der Waals surface area (Å²) in [6.45, 7) is 7.43. The van der Waals surface area contributed by atoms with Crippen LogP contribution in [0.15, 0.2) is 0 Å². The fraction of sp³-hybridized carbons (Fsp3) is 0.727. The molecule has 1 aliphatic carbocycles. The zero-order valence-corrected chi connectivity index (χ0v) is 10.5. The Labute approximate surface area is 101 Å². The Kier molecular flexibility index (Phi) is 3.61. The van der Waals surface area contributed by atoms with Gasteiger partial charge in [-0.15, -0.1) is 0 Å². The zero-order valence-electron chi connectivity index (χ0n) is 10.5. The van der Waals surface area contributed by atoms with Gasteiger partial charge in [-0.1, -0.05) is 6.92 Å². The monoisotopic (exact) mass is 237 g/mol. The van der Waals surface area contributed by atoms with Crippen LogP contribution in [-0.4, -0.2) is 34.1 Å². The van der Waals surface area contributed by atoms with Crippen LogP contribution >= 0.6 is 0 Å². The van der Waals surface area contributed by atoms with Gasteiger partial charge in [0.15, 0.2) is 0 Å². The average Bonchev–Trinajstić information content (AvgIpc) is 2.94. The first-order valence-corrected chi connectivity index (χ1v) is 6.12. The maximum atomic E-state index is 5.32. The Balaban J connectivity index is 2.11. The summed E-state index contributed by atoms with van der Waals surface area (Å²) in [5, 5.41) is 6.35. The third-order valence-corrected chi connectivity index (χ3v) is 2.65. The van der Waals surface area contributed by atoms with Crippen molar-refractivity contribution in [2.24, 2.45) is 5.92 Å². The van der Waals surface area contributed by atoms with Gasteiger partial charge >= 0.3 is 6.01 Å². The number of anilines is 2. The quantitative estimate of drug-likeness (QED) is 0.781. The second kappa shape index (κ2) is 5.16. The van der Waals surface area contributed by atoms with Gasteiger partial charge in [-0.3, -0.25) is 0 Å². The summed E-state index contributed by atoms with van der Waals surface area (Å²) in [5.74, 6) is 1.85. The van der Waals surface area contributed by atoms with E-state index in [0.717, 1.165) is 6.54 Å². The summed E-state index contributed by atoms with van der Waals surface area (Å²) < 4.78 is 5.32. The van der Waals surface area contributed by atoms with Crippen molar-refractivity contribution in [3.8, 4) is 6.01 Å². The lowest BCUT2D eigenvalue weighted by Crippen LogP contribution is -2.12. The smallest absolute Gasteiger partial charge is 0.323 e. The van der Waals surface area contributed by atoms with Crippen LogP contribution in [0, 0.1) is 5.92 Å². The first-order chi connectivity index (χ1) is 8.22. The van der Waals surface area contributed by atoms with Crippen LogP contribution < -0.4 is 15.4 Å². The van der Waals surface area contributed by atoms with Crippen LogP contribution in [0.5, 0.6) is 6.01 Å². The molecule has 0 aromatic carbocycles. The fourth-order valence-corrected chi connectivity index (χ4v) is 1.54. The van der Waals surface area contributed by atoms with E-state index in [0.29, 0.717) is 36.5 Å². The fourth-order valence-electron chi connectivity index (χ4n) is 1.54. The Morgan fingerprint density at radius 1 is 1.24 bits per heavy atom. The molecular formula is C11H19N5O. The lowest BCUT2D eigenvalue weighted by atomic mass is 10.5. The predicted molar refractivity (Wildman–Crippen MR) is 66.4 cm³/mol.